The quantitative estimate of drug-likeness (QED) is 0.224. The molecule has 33 heavy (non-hydrogen) atoms. The van der Waals surface area contributed by atoms with Crippen molar-refractivity contribution < 1.29 is 32.0 Å². The zero-order valence-electron chi connectivity index (χ0n) is 17.3. The van der Waals surface area contributed by atoms with Gasteiger partial charge in [-0.15, -0.1) is 11.8 Å². The Morgan fingerprint density at radius 2 is 1.97 bits per heavy atom. The molecule has 14 heteroatoms. The zero-order valence-corrected chi connectivity index (χ0v) is 18.2. The van der Waals surface area contributed by atoms with Gasteiger partial charge in [0.1, 0.15) is 28.5 Å². The summed E-state index contributed by atoms with van der Waals surface area (Å²) in [4.78, 5) is 47.8. The molecular formula is C19H16F3N3O7S. The van der Waals surface area contributed by atoms with E-state index in [2.05, 4.69) is 0 Å². The lowest BCUT2D eigenvalue weighted by molar-refractivity contribution is -0.387. The number of thioether (sulfide) groups is 1. The lowest BCUT2D eigenvalue weighted by Crippen LogP contribution is -2.40. The smallest absolute Gasteiger partial charge is 0.431 e. The maximum absolute atomic E-state index is 13.1. The molecule has 0 aliphatic heterocycles. The highest BCUT2D eigenvalue weighted by atomic mass is 32.2. The van der Waals surface area contributed by atoms with Crippen molar-refractivity contribution in [1.29, 1.82) is 0 Å². The number of ether oxygens (including phenoxy) is 1. The fourth-order valence-electron chi connectivity index (χ4n) is 3.06. The molecule has 0 saturated carbocycles. The van der Waals surface area contributed by atoms with Gasteiger partial charge in [-0.3, -0.25) is 24.3 Å². The number of nitro groups is 1. The summed E-state index contributed by atoms with van der Waals surface area (Å²) in [6.45, 7) is 3.18. The van der Waals surface area contributed by atoms with Crippen molar-refractivity contribution in [1.82, 2.24) is 9.13 Å². The molecule has 0 aliphatic rings. The summed E-state index contributed by atoms with van der Waals surface area (Å²) in [6, 6.07) is 2.54. The molecule has 0 aliphatic carbocycles. The number of rotatable bonds is 6. The van der Waals surface area contributed by atoms with Crippen molar-refractivity contribution in [3.63, 3.8) is 0 Å². The number of carbonyl (C=O) groups is 1. The van der Waals surface area contributed by atoms with E-state index in [1.807, 2.05) is 0 Å². The van der Waals surface area contributed by atoms with Gasteiger partial charge in [-0.1, -0.05) is 0 Å². The van der Waals surface area contributed by atoms with Gasteiger partial charge in [0.25, 0.3) is 11.2 Å². The first-order chi connectivity index (χ1) is 15.4. The second-order valence-electron chi connectivity index (χ2n) is 6.75. The first-order valence-electron chi connectivity index (χ1n) is 9.30. The van der Waals surface area contributed by atoms with Crippen LogP contribution in [0.25, 0.3) is 16.7 Å². The molecule has 0 radical (unpaired) electrons. The molecule has 2 heterocycles. The Balaban J connectivity index is 2.22. The van der Waals surface area contributed by atoms with E-state index in [-0.39, 0.29) is 38.8 Å². The number of esters is 1. The number of alkyl halides is 3. The van der Waals surface area contributed by atoms with Crippen LogP contribution in [0, 0.1) is 10.1 Å². The Kier molecular flexibility index (Phi) is 6.40. The minimum Gasteiger partial charge on any atom is -0.465 e. The van der Waals surface area contributed by atoms with E-state index in [4.69, 9.17) is 9.15 Å². The normalized spacial score (nSPS) is 12.7. The van der Waals surface area contributed by atoms with Crippen molar-refractivity contribution in [3.8, 4) is 5.69 Å². The fraction of sp³-hybridized carbons (Fsp3) is 0.316. The molecule has 1 aromatic carbocycles. The van der Waals surface area contributed by atoms with E-state index in [0.717, 1.165) is 31.1 Å². The summed E-state index contributed by atoms with van der Waals surface area (Å²) >= 11 is 0.809. The summed E-state index contributed by atoms with van der Waals surface area (Å²) < 4.78 is 50.2. The maximum atomic E-state index is 13.1. The molecule has 10 nitrogen and oxygen atoms in total. The average molecular weight is 487 g/mol. The summed E-state index contributed by atoms with van der Waals surface area (Å²) in [5.41, 5.74) is -4.68. The van der Waals surface area contributed by atoms with Gasteiger partial charge in [-0.05, 0) is 19.9 Å². The number of nitrogens with zero attached hydrogens (tertiary/aromatic N) is 3. The lowest BCUT2D eigenvalue weighted by atomic mass is 10.2. The number of carbonyl (C=O) groups excluding carboxylic acids is 1. The standard InChI is InChI=1S/C19H16F3N3O7S/c1-4-31-17(27)9(2)33-14-5-10-12(8-32-13(10)6-11(14)25(29)30)24-16(26)7-15(19(20,21)22)23(3)18(24)28/h5-9H,4H2,1-3H3. The van der Waals surface area contributed by atoms with Gasteiger partial charge in [0.15, 0.2) is 0 Å². The molecule has 3 rings (SSSR count). The highest BCUT2D eigenvalue weighted by Gasteiger charge is 2.35. The molecule has 0 amide bonds. The largest absolute Gasteiger partial charge is 0.465 e. The van der Waals surface area contributed by atoms with Crippen LogP contribution >= 0.6 is 11.8 Å². The molecule has 3 aromatic rings. The van der Waals surface area contributed by atoms with Crippen LogP contribution in [0.2, 0.25) is 0 Å². The second-order valence-corrected chi connectivity index (χ2v) is 8.13. The Morgan fingerprint density at radius 1 is 1.30 bits per heavy atom. The van der Waals surface area contributed by atoms with Crippen LogP contribution in [0.15, 0.2) is 43.4 Å². The van der Waals surface area contributed by atoms with E-state index in [1.165, 1.54) is 13.0 Å². The minimum absolute atomic E-state index is 0.00693. The Bertz CT molecular complexity index is 1370. The number of fused-ring (bicyclic) bond motifs is 1. The van der Waals surface area contributed by atoms with Crippen LogP contribution in [-0.4, -0.2) is 31.9 Å². The molecule has 1 atom stereocenters. The van der Waals surface area contributed by atoms with Gasteiger partial charge < -0.3 is 9.15 Å². The summed E-state index contributed by atoms with van der Waals surface area (Å²) in [5.74, 6) is -0.614. The highest BCUT2D eigenvalue weighted by Crippen LogP contribution is 2.38. The maximum Gasteiger partial charge on any atom is 0.431 e. The number of halogens is 3. The van der Waals surface area contributed by atoms with Crippen LogP contribution in [0.4, 0.5) is 18.9 Å². The van der Waals surface area contributed by atoms with Crippen LogP contribution in [0.5, 0.6) is 0 Å². The topological polar surface area (TPSA) is 127 Å². The van der Waals surface area contributed by atoms with Gasteiger partial charge in [0, 0.05) is 18.5 Å². The number of nitro benzene ring substituents is 1. The minimum atomic E-state index is -4.93. The Labute approximate surface area is 186 Å². The van der Waals surface area contributed by atoms with E-state index in [9.17, 15) is 37.7 Å². The third kappa shape index (κ3) is 4.51. The number of furan rings is 1. The highest BCUT2D eigenvalue weighted by molar-refractivity contribution is 8.00. The lowest BCUT2D eigenvalue weighted by Gasteiger charge is -2.13. The average Bonchev–Trinajstić information content (AvgIpc) is 3.12. The van der Waals surface area contributed by atoms with E-state index >= 15 is 0 Å². The third-order valence-electron chi connectivity index (χ3n) is 4.61. The zero-order chi connectivity index (χ0) is 24.7. The van der Waals surface area contributed by atoms with Gasteiger partial charge >= 0.3 is 17.8 Å². The summed E-state index contributed by atoms with van der Waals surface area (Å²) in [7, 11) is 0.858. The van der Waals surface area contributed by atoms with Crippen molar-refractivity contribution in [2.75, 3.05) is 6.61 Å². The molecule has 176 valence electrons. The second kappa shape index (κ2) is 8.77. The predicted molar refractivity (Wildman–Crippen MR) is 111 cm³/mol. The molecule has 2 aromatic heterocycles. The van der Waals surface area contributed by atoms with E-state index in [1.54, 1.807) is 6.92 Å². The molecule has 0 spiro atoms. The first kappa shape index (κ1) is 24.1. The molecular weight excluding hydrogens is 471 g/mol. The summed E-state index contributed by atoms with van der Waals surface area (Å²) in [5, 5.41) is 10.7. The number of aromatic nitrogens is 2. The Hall–Kier alpha value is -3.55. The molecule has 0 N–H and O–H groups in total. The number of benzene rings is 1. The molecule has 1 unspecified atom stereocenters. The SMILES string of the molecule is CCOC(=O)C(C)Sc1cc2c(-n3c(=O)cc(C(F)(F)F)n(C)c3=O)coc2cc1[N+](=O)[O-]. The van der Waals surface area contributed by atoms with E-state index in [0.29, 0.717) is 4.57 Å². The van der Waals surface area contributed by atoms with Gasteiger partial charge in [-0.2, -0.15) is 13.2 Å². The molecule has 0 saturated heterocycles. The number of hydrogen-bond donors (Lipinski definition) is 0. The predicted octanol–water partition coefficient (Wildman–Crippen LogP) is 3.25. The van der Waals surface area contributed by atoms with Gasteiger partial charge in [0.2, 0.25) is 0 Å². The van der Waals surface area contributed by atoms with Crippen molar-refractivity contribution in [2.45, 2.75) is 30.2 Å². The van der Waals surface area contributed by atoms with E-state index < -0.39 is 44.9 Å². The molecule has 0 bridgehead atoms. The van der Waals surface area contributed by atoms with Gasteiger partial charge in [0.05, 0.1) is 22.5 Å². The number of hydrogen-bond acceptors (Lipinski definition) is 8. The van der Waals surface area contributed by atoms with Crippen molar-refractivity contribution in [2.24, 2.45) is 7.05 Å². The monoisotopic (exact) mass is 487 g/mol. The third-order valence-corrected chi connectivity index (χ3v) is 5.73. The first-order valence-corrected chi connectivity index (χ1v) is 10.2. The van der Waals surface area contributed by atoms with Gasteiger partial charge in [-0.25, -0.2) is 9.36 Å². The fourth-order valence-corrected chi connectivity index (χ4v) is 4.04. The summed E-state index contributed by atoms with van der Waals surface area (Å²) in [6.07, 6.45) is -3.99. The van der Waals surface area contributed by atoms with Crippen molar-refractivity contribution in [3.05, 3.63) is 61.1 Å². The van der Waals surface area contributed by atoms with Crippen LogP contribution < -0.4 is 11.2 Å². The van der Waals surface area contributed by atoms with Crippen LogP contribution in [0.1, 0.15) is 19.5 Å². The molecule has 0 fully saturated rings. The van der Waals surface area contributed by atoms with Crippen LogP contribution in [-0.2, 0) is 22.8 Å². The van der Waals surface area contributed by atoms with Crippen molar-refractivity contribution >= 4 is 34.4 Å². The Morgan fingerprint density at radius 3 is 2.55 bits per heavy atom. The van der Waals surface area contributed by atoms with Crippen LogP contribution in [0.3, 0.4) is 0 Å².